The molecular weight excluding hydrogens is 755 g/mol. The number of rotatable bonds is 25. The average Bonchev–Trinajstić information content (AvgIpc) is 3.23. The van der Waals surface area contributed by atoms with Gasteiger partial charge < -0.3 is 4.90 Å². The number of hydrogen-bond donors (Lipinski definition) is 1. The lowest BCUT2D eigenvalue weighted by molar-refractivity contribution is -0.671. The van der Waals surface area contributed by atoms with Gasteiger partial charge in [-0.05, 0) is 72.3 Å². The van der Waals surface area contributed by atoms with Gasteiger partial charge in [-0.3, -0.25) is 10.2 Å². The molecular formula is C51H63Cl2N4O+. The van der Waals surface area contributed by atoms with Crippen molar-refractivity contribution in [3.8, 4) is 6.07 Å². The molecule has 0 saturated heterocycles. The number of nitriles is 1. The summed E-state index contributed by atoms with van der Waals surface area (Å²) >= 11 is 13.1. The van der Waals surface area contributed by atoms with Crippen LogP contribution in [0.25, 0.3) is 22.6 Å². The Bertz CT molecular complexity index is 2090. The smallest absolute Gasteiger partial charge is 0.214 e. The minimum atomic E-state index is -0.161. The number of ketones is 1. The number of aromatic nitrogens is 1. The van der Waals surface area contributed by atoms with Crippen molar-refractivity contribution in [2.24, 2.45) is 0 Å². The number of nitrogens with zero attached hydrogens (tertiary/aromatic N) is 3. The normalized spacial score (nSPS) is 14.9. The zero-order valence-corrected chi connectivity index (χ0v) is 36.5. The Morgan fingerprint density at radius 3 is 1.97 bits per heavy atom. The van der Waals surface area contributed by atoms with E-state index in [-0.39, 0.29) is 11.4 Å². The van der Waals surface area contributed by atoms with Crippen LogP contribution in [-0.4, -0.2) is 18.2 Å². The Morgan fingerprint density at radius 1 is 0.759 bits per heavy atom. The number of aryl methyl sites for hydroxylation is 1. The number of halogens is 2. The number of allylic oxidation sites excluding steroid dienone is 7. The second-order valence-electron chi connectivity index (χ2n) is 16.0. The van der Waals surface area contributed by atoms with Gasteiger partial charge in [-0.1, -0.05) is 152 Å². The van der Waals surface area contributed by atoms with Gasteiger partial charge in [0.25, 0.3) is 0 Å². The van der Waals surface area contributed by atoms with E-state index in [2.05, 4.69) is 47.7 Å². The maximum Gasteiger partial charge on any atom is 0.214 e. The zero-order chi connectivity index (χ0) is 41.1. The van der Waals surface area contributed by atoms with Crippen molar-refractivity contribution >= 4 is 63.1 Å². The molecule has 0 radical (unpaired) electrons. The van der Waals surface area contributed by atoms with Crippen LogP contribution in [0.4, 0.5) is 5.69 Å². The van der Waals surface area contributed by atoms with E-state index in [1.165, 1.54) is 116 Å². The highest BCUT2D eigenvalue weighted by Gasteiger charge is 2.35. The predicted octanol–water partition coefficient (Wildman–Crippen LogP) is 14.7. The zero-order valence-electron chi connectivity index (χ0n) is 35.0. The van der Waals surface area contributed by atoms with Gasteiger partial charge in [0.05, 0.1) is 11.1 Å². The fraction of sp³-hybridized carbons (Fsp3) is 0.471. The van der Waals surface area contributed by atoms with E-state index >= 15 is 0 Å². The molecule has 0 bridgehead atoms. The van der Waals surface area contributed by atoms with Gasteiger partial charge in [-0.25, -0.2) is 0 Å². The second kappa shape index (κ2) is 24.0. The molecule has 3 aromatic rings. The standard InChI is InChI=1S/C51H63Cl2N4O/c1-3-5-7-9-11-13-15-17-19-21-29-56-31-27-39(44-25-23-42(52)35-48(44)56)33-46-50(41(37-54)38-55)47(51(46)58)34-40-28-32-57(49-36-43(53)24-26-45(40)49)30-22-20-18-16-14-12-10-8-6-4-2/h23-28,31-36,54H,3-22,29-30H2,1-2H3/q+1. The van der Waals surface area contributed by atoms with E-state index < -0.39 is 0 Å². The third-order valence-corrected chi connectivity index (χ3v) is 12.1. The van der Waals surface area contributed by atoms with Gasteiger partial charge in [0, 0.05) is 63.6 Å². The molecule has 1 aromatic heterocycles. The van der Waals surface area contributed by atoms with Crippen LogP contribution in [0.2, 0.25) is 10.0 Å². The Balaban J connectivity index is 1.31. The number of unbranched alkanes of at least 4 members (excludes halogenated alkanes) is 18. The summed E-state index contributed by atoms with van der Waals surface area (Å²) in [4.78, 5) is 16.3. The first-order valence-corrected chi connectivity index (χ1v) is 22.9. The molecule has 2 heterocycles. The molecule has 0 fully saturated rings. The molecule has 58 heavy (non-hydrogen) atoms. The SMILES string of the molecule is CCCCCCCCCCCCN1C=C/C(=C\C2=C(C(=C=N)C#N)C(=C/c3cc[n+](CCCCCCCCCCCC)c4cc(Cl)ccc34)/C2=O)c2ccc(Cl)cc21. The molecule has 0 spiro atoms. The van der Waals surface area contributed by atoms with Gasteiger partial charge in [0.2, 0.25) is 5.52 Å². The molecule has 0 unspecified atom stereocenters. The van der Waals surface area contributed by atoms with E-state index in [1.54, 1.807) is 0 Å². The number of pyridine rings is 1. The minimum absolute atomic E-state index is 0.0377. The number of nitrogens with one attached hydrogen (secondary N) is 1. The number of carbonyl (C=O) groups excluding carboxylic acids is 1. The van der Waals surface area contributed by atoms with E-state index in [0.29, 0.717) is 26.8 Å². The molecule has 0 saturated carbocycles. The van der Waals surface area contributed by atoms with Crippen LogP contribution in [0, 0.1) is 16.7 Å². The molecule has 0 amide bonds. The van der Waals surface area contributed by atoms with Gasteiger partial charge in [0.15, 0.2) is 12.0 Å². The monoisotopic (exact) mass is 817 g/mol. The maximum atomic E-state index is 14.0. The Morgan fingerprint density at radius 2 is 1.34 bits per heavy atom. The maximum absolute atomic E-state index is 14.0. The van der Waals surface area contributed by atoms with E-state index in [4.69, 9.17) is 28.6 Å². The topological polar surface area (TPSA) is 71.8 Å². The Hall–Kier alpha value is -4.20. The number of hydrogen-bond acceptors (Lipinski definition) is 4. The van der Waals surface area contributed by atoms with Gasteiger partial charge in [-0.15, -0.1) is 0 Å². The number of fused-ring (bicyclic) bond motifs is 2. The van der Waals surface area contributed by atoms with Crippen molar-refractivity contribution < 1.29 is 9.36 Å². The molecule has 306 valence electrons. The Kier molecular flexibility index (Phi) is 18.6. The number of anilines is 1. The lowest BCUT2D eigenvalue weighted by Gasteiger charge is -2.29. The highest BCUT2D eigenvalue weighted by Crippen LogP contribution is 2.42. The summed E-state index contributed by atoms with van der Waals surface area (Å²) < 4.78 is 2.25. The van der Waals surface area contributed by atoms with Crippen LogP contribution in [0.1, 0.15) is 153 Å². The molecule has 2 aromatic carbocycles. The average molecular weight is 819 g/mol. The van der Waals surface area contributed by atoms with Crippen LogP contribution >= 0.6 is 23.2 Å². The van der Waals surface area contributed by atoms with E-state index in [0.717, 1.165) is 59.2 Å². The number of benzene rings is 2. The van der Waals surface area contributed by atoms with E-state index in [1.807, 2.05) is 60.7 Å². The summed E-state index contributed by atoms with van der Waals surface area (Å²) in [6.07, 6.45) is 35.6. The third kappa shape index (κ3) is 12.4. The van der Waals surface area contributed by atoms with Crippen molar-refractivity contribution in [3.05, 3.63) is 110 Å². The summed E-state index contributed by atoms with van der Waals surface area (Å²) in [6.45, 7) is 6.30. The second-order valence-corrected chi connectivity index (χ2v) is 16.9. The third-order valence-electron chi connectivity index (χ3n) is 11.6. The first-order valence-electron chi connectivity index (χ1n) is 22.2. The van der Waals surface area contributed by atoms with Gasteiger partial charge in [-0.2, -0.15) is 9.83 Å². The van der Waals surface area contributed by atoms with Crippen LogP contribution < -0.4 is 9.47 Å². The molecule has 5 nitrogen and oxygen atoms in total. The van der Waals surface area contributed by atoms with Crippen molar-refractivity contribution in [1.29, 1.82) is 10.7 Å². The molecule has 2 aliphatic rings. The predicted molar refractivity (Wildman–Crippen MR) is 246 cm³/mol. The molecule has 1 aliphatic heterocycles. The summed E-state index contributed by atoms with van der Waals surface area (Å²) in [7, 11) is 0. The molecule has 7 heteroatoms. The highest BCUT2D eigenvalue weighted by molar-refractivity contribution is 6.31. The quantitative estimate of drug-likeness (QED) is 0.0304. The molecule has 1 N–H and O–H groups in total. The summed E-state index contributed by atoms with van der Waals surface area (Å²) in [5.74, 6) is 2.15. The first kappa shape index (κ1) is 44.9. The van der Waals surface area contributed by atoms with Crippen molar-refractivity contribution in [1.82, 2.24) is 0 Å². The van der Waals surface area contributed by atoms with Crippen molar-refractivity contribution in [2.45, 2.75) is 149 Å². The van der Waals surface area contributed by atoms with Crippen LogP contribution in [-0.2, 0) is 11.3 Å². The fourth-order valence-corrected chi connectivity index (χ4v) is 8.62. The largest absolute Gasteiger partial charge is 0.347 e. The first-order chi connectivity index (χ1) is 28.4. The lowest BCUT2D eigenvalue weighted by Crippen LogP contribution is -2.34. The molecule has 1 aliphatic carbocycles. The van der Waals surface area contributed by atoms with Crippen LogP contribution in [0.3, 0.4) is 0 Å². The number of Topliss-reactive ketones (excluding diaryl/α,β-unsaturated/α-hetero) is 1. The van der Waals surface area contributed by atoms with Crippen LogP contribution in [0.5, 0.6) is 0 Å². The van der Waals surface area contributed by atoms with Gasteiger partial charge in [0.1, 0.15) is 18.2 Å². The minimum Gasteiger partial charge on any atom is -0.347 e. The summed E-state index contributed by atoms with van der Waals surface area (Å²) in [5.41, 5.74) is 6.02. The van der Waals surface area contributed by atoms with Crippen molar-refractivity contribution in [3.63, 3.8) is 0 Å². The number of carbonyl (C=O) groups is 1. The van der Waals surface area contributed by atoms with Gasteiger partial charge >= 0.3 is 0 Å². The van der Waals surface area contributed by atoms with Crippen molar-refractivity contribution in [2.75, 3.05) is 11.4 Å². The Labute approximate surface area is 358 Å². The fourth-order valence-electron chi connectivity index (χ4n) is 8.29. The summed E-state index contributed by atoms with van der Waals surface area (Å²) in [6, 6.07) is 15.9. The molecule has 0 atom stereocenters. The summed E-state index contributed by atoms with van der Waals surface area (Å²) in [5, 5.41) is 20.4. The van der Waals surface area contributed by atoms with E-state index in [9.17, 15) is 10.1 Å². The lowest BCUT2D eigenvalue weighted by atomic mass is 9.75. The van der Waals surface area contributed by atoms with Crippen LogP contribution in [0.15, 0.2) is 89.3 Å². The highest BCUT2D eigenvalue weighted by atomic mass is 35.5. The molecule has 5 rings (SSSR count).